The van der Waals surface area contributed by atoms with Crippen LogP contribution in [0.2, 0.25) is 0 Å². The van der Waals surface area contributed by atoms with Crippen molar-refractivity contribution in [2.24, 2.45) is 4.99 Å². The van der Waals surface area contributed by atoms with Crippen molar-refractivity contribution in [3.05, 3.63) is 47.5 Å². The van der Waals surface area contributed by atoms with E-state index in [4.69, 9.17) is 0 Å². The Bertz CT molecular complexity index is 890. The van der Waals surface area contributed by atoms with Crippen molar-refractivity contribution in [3.63, 3.8) is 0 Å². The number of aromatic nitrogens is 3. The predicted molar refractivity (Wildman–Crippen MR) is 113 cm³/mol. The molecule has 1 aliphatic rings. The zero-order valence-corrected chi connectivity index (χ0v) is 17.4. The van der Waals surface area contributed by atoms with Crippen molar-refractivity contribution >= 4 is 17.8 Å². The molecule has 0 aliphatic carbocycles. The summed E-state index contributed by atoms with van der Waals surface area (Å²) in [5.41, 5.74) is 1.61. The molecule has 1 aromatic heterocycles. The van der Waals surface area contributed by atoms with Gasteiger partial charge in [-0.05, 0) is 17.7 Å². The Morgan fingerprint density at radius 1 is 1.27 bits per heavy atom. The number of piperazine rings is 1. The van der Waals surface area contributed by atoms with Gasteiger partial charge in [-0.2, -0.15) is 0 Å². The number of carbonyl (C=O) groups excluding carboxylic acids is 2. The third-order valence-corrected chi connectivity index (χ3v) is 4.87. The maximum absolute atomic E-state index is 12.5. The second-order valence-corrected chi connectivity index (χ2v) is 6.92. The molecule has 1 fully saturated rings. The normalized spacial score (nSPS) is 14.4. The molecule has 0 atom stereocenters. The molecule has 2 heterocycles. The summed E-state index contributed by atoms with van der Waals surface area (Å²) in [5.74, 6) is 1.41. The Kier molecular flexibility index (Phi) is 7.36. The zero-order valence-electron chi connectivity index (χ0n) is 17.4. The Morgan fingerprint density at radius 2 is 2.07 bits per heavy atom. The summed E-state index contributed by atoms with van der Waals surface area (Å²) >= 11 is 0. The van der Waals surface area contributed by atoms with Gasteiger partial charge in [0.1, 0.15) is 12.2 Å². The lowest BCUT2D eigenvalue weighted by molar-refractivity contribution is -0.123. The van der Waals surface area contributed by atoms with E-state index in [0.29, 0.717) is 37.7 Å². The van der Waals surface area contributed by atoms with Crippen molar-refractivity contribution < 1.29 is 9.59 Å². The molecule has 10 heteroatoms. The number of hydrogen-bond donors (Lipinski definition) is 3. The van der Waals surface area contributed by atoms with Gasteiger partial charge in [0.05, 0.1) is 6.54 Å². The molecular weight excluding hydrogens is 384 g/mol. The van der Waals surface area contributed by atoms with Crippen LogP contribution >= 0.6 is 0 Å². The Balaban J connectivity index is 1.46. The van der Waals surface area contributed by atoms with Crippen LogP contribution in [0.5, 0.6) is 0 Å². The fraction of sp³-hybridized carbons (Fsp3) is 0.450. The molecule has 30 heavy (non-hydrogen) atoms. The van der Waals surface area contributed by atoms with Gasteiger partial charge in [0.25, 0.3) is 5.91 Å². The predicted octanol–water partition coefficient (Wildman–Crippen LogP) is -0.222. The van der Waals surface area contributed by atoms with Gasteiger partial charge in [0.2, 0.25) is 5.91 Å². The summed E-state index contributed by atoms with van der Waals surface area (Å²) in [6, 6.07) is 7.39. The SMILES string of the molecule is CCc1nncn1CCNC(=NC)NCc1ccc(C(=O)N2CCNC(=O)C2)cc1. The molecule has 0 unspecified atom stereocenters. The number of benzene rings is 1. The molecule has 1 aliphatic heterocycles. The standard InChI is InChI=1S/C20H28N8O2/c1-3-17-26-25-14-28(17)11-9-23-20(21-2)24-12-15-4-6-16(7-5-15)19(30)27-10-8-22-18(29)13-27/h4-7,14H,3,8-13H2,1-2H3,(H,22,29)(H2,21,23,24). The molecule has 2 amide bonds. The van der Waals surface area contributed by atoms with Crippen LogP contribution in [0.15, 0.2) is 35.6 Å². The smallest absolute Gasteiger partial charge is 0.254 e. The first kappa shape index (κ1) is 21.3. The van der Waals surface area contributed by atoms with Gasteiger partial charge in [-0.1, -0.05) is 19.1 Å². The summed E-state index contributed by atoms with van der Waals surface area (Å²) in [4.78, 5) is 29.8. The van der Waals surface area contributed by atoms with Crippen molar-refractivity contribution in [1.29, 1.82) is 0 Å². The number of carbonyl (C=O) groups is 2. The summed E-state index contributed by atoms with van der Waals surface area (Å²) in [7, 11) is 1.72. The number of nitrogens with zero attached hydrogens (tertiary/aromatic N) is 5. The third kappa shape index (κ3) is 5.56. The Labute approximate surface area is 175 Å². The average molecular weight is 412 g/mol. The Hall–Kier alpha value is -3.43. The van der Waals surface area contributed by atoms with Gasteiger partial charge >= 0.3 is 0 Å². The van der Waals surface area contributed by atoms with Crippen molar-refractivity contribution in [2.45, 2.75) is 26.4 Å². The van der Waals surface area contributed by atoms with E-state index in [-0.39, 0.29) is 18.4 Å². The molecule has 160 valence electrons. The molecule has 1 saturated heterocycles. The van der Waals surface area contributed by atoms with E-state index >= 15 is 0 Å². The highest BCUT2D eigenvalue weighted by atomic mass is 16.2. The van der Waals surface area contributed by atoms with Crippen LogP contribution in [-0.4, -0.2) is 70.7 Å². The monoisotopic (exact) mass is 412 g/mol. The van der Waals surface area contributed by atoms with E-state index in [2.05, 4.69) is 38.1 Å². The van der Waals surface area contributed by atoms with Crippen LogP contribution < -0.4 is 16.0 Å². The number of guanidine groups is 1. The van der Waals surface area contributed by atoms with Gasteiger partial charge in [-0.3, -0.25) is 14.6 Å². The number of aryl methyl sites for hydroxylation is 1. The molecule has 0 spiro atoms. The van der Waals surface area contributed by atoms with Gasteiger partial charge in [0.15, 0.2) is 5.96 Å². The third-order valence-electron chi connectivity index (χ3n) is 4.87. The van der Waals surface area contributed by atoms with Gasteiger partial charge < -0.3 is 25.4 Å². The summed E-state index contributed by atoms with van der Waals surface area (Å²) in [5, 5.41) is 17.3. The van der Waals surface area contributed by atoms with Crippen molar-refractivity contribution in [2.75, 3.05) is 33.2 Å². The van der Waals surface area contributed by atoms with E-state index in [9.17, 15) is 9.59 Å². The summed E-state index contributed by atoms with van der Waals surface area (Å²) < 4.78 is 2.02. The lowest BCUT2D eigenvalue weighted by Crippen LogP contribution is -2.49. The highest BCUT2D eigenvalue weighted by Gasteiger charge is 2.22. The number of rotatable bonds is 7. The van der Waals surface area contributed by atoms with Crippen LogP contribution in [-0.2, 0) is 24.3 Å². The van der Waals surface area contributed by atoms with Crippen LogP contribution in [0.1, 0.15) is 28.7 Å². The van der Waals surface area contributed by atoms with Crippen LogP contribution in [0.4, 0.5) is 0 Å². The van der Waals surface area contributed by atoms with E-state index < -0.39 is 0 Å². The number of aliphatic imine (C=N–C) groups is 1. The largest absolute Gasteiger partial charge is 0.355 e. The lowest BCUT2D eigenvalue weighted by atomic mass is 10.1. The van der Waals surface area contributed by atoms with Crippen LogP contribution in [0.3, 0.4) is 0 Å². The minimum Gasteiger partial charge on any atom is -0.355 e. The molecule has 1 aromatic carbocycles. The molecule has 3 rings (SSSR count). The second-order valence-electron chi connectivity index (χ2n) is 6.92. The molecular formula is C20H28N8O2. The number of hydrogen-bond acceptors (Lipinski definition) is 5. The fourth-order valence-electron chi connectivity index (χ4n) is 3.20. The average Bonchev–Trinajstić information content (AvgIpc) is 3.23. The minimum atomic E-state index is -0.123. The summed E-state index contributed by atoms with van der Waals surface area (Å²) in [6.45, 7) is 5.22. The Morgan fingerprint density at radius 3 is 2.77 bits per heavy atom. The van der Waals surface area contributed by atoms with Crippen LogP contribution in [0.25, 0.3) is 0 Å². The molecule has 2 aromatic rings. The van der Waals surface area contributed by atoms with E-state index in [0.717, 1.165) is 24.4 Å². The van der Waals surface area contributed by atoms with E-state index in [1.807, 2.05) is 16.7 Å². The van der Waals surface area contributed by atoms with Gasteiger partial charge in [-0.25, -0.2) is 0 Å². The molecule has 3 N–H and O–H groups in total. The van der Waals surface area contributed by atoms with Gasteiger partial charge in [0, 0.05) is 51.8 Å². The van der Waals surface area contributed by atoms with Crippen molar-refractivity contribution in [1.82, 2.24) is 35.6 Å². The first-order valence-corrected chi connectivity index (χ1v) is 10.1. The highest BCUT2D eigenvalue weighted by Crippen LogP contribution is 2.09. The second kappa shape index (κ2) is 10.4. The minimum absolute atomic E-state index is 0.110. The number of nitrogens with one attached hydrogen (secondary N) is 3. The molecule has 0 radical (unpaired) electrons. The maximum Gasteiger partial charge on any atom is 0.254 e. The van der Waals surface area contributed by atoms with Gasteiger partial charge in [-0.15, -0.1) is 10.2 Å². The number of amides is 2. The fourth-order valence-corrected chi connectivity index (χ4v) is 3.20. The molecule has 0 bridgehead atoms. The quantitative estimate of drug-likeness (QED) is 0.428. The van der Waals surface area contributed by atoms with E-state index in [1.165, 1.54) is 0 Å². The van der Waals surface area contributed by atoms with Crippen LogP contribution in [0, 0.1) is 0 Å². The summed E-state index contributed by atoms with van der Waals surface area (Å²) in [6.07, 6.45) is 2.58. The molecule has 0 saturated carbocycles. The van der Waals surface area contributed by atoms with E-state index in [1.54, 1.807) is 30.4 Å². The first-order chi connectivity index (χ1) is 14.6. The topological polar surface area (TPSA) is 117 Å². The lowest BCUT2D eigenvalue weighted by Gasteiger charge is -2.26. The van der Waals surface area contributed by atoms with Crippen molar-refractivity contribution in [3.8, 4) is 0 Å². The first-order valence-electron chi connectivity index (χ1n) is 10.1. The highest BCUT2D eigenvalue weighted by molar-refractivity contribution is 5.97. The molecule has 10 nitrogen and oxygen atoms in total. The zero-order chi connectivity index (χ0) is 21.3. The maximum atomic E-state index is 12.5.